The van der Waals surface area contributed by atoms with Gasteiger partial charge in [-0.05, 0) is 75.4 Å². The molecule has 3 aromatic heterocycles. The molecule has 0 bridgehead atoms. The fourth-order valence-corrected chi connectivity index (χ4v) is 4.95. The zero-order chi connectivity index (χ0) is 25.8. The lowest BCUT2D eigenvalue weighted by Gasteiger charge is -2.22. The summed E-state index contributed by atoms with van der Waals surface area (Å²) in [5.41, 5.74) is 7.17. The van der Waals surface area contributed by atoms with Crippen LogP contribution in [-0.4, -0.2) is 33.3 Å². The van der Waals surface area contributed by atoms with Crippen LogP contribution in [0.1, 0.15) is 38.3 Å². The fraction of sp³-hybridized carbons (Fsp3) is 0.290. The lowest BCUT2D eigenvalue weighted by molar-refractivity contribution is 0.493. The van der Waals surface area contributed by atoms with E-state index in [2.05, 4.69) is 92.7 Å². The van der Waals surface area contributed by atoms with E-state index in [1.807, 2.05) is 32.4 Å². The van der Waals surface area contributed by atoms with E-state index < -0.39 is 0 Å². The smallest absolute Gasteiger partial charge is 0.101 e. The molecular weight excluding hydrogens is 456 g/mol. The average molecular weight is 489 g/mol. The summed E-state index contributed by atoms with van der Waals surface area (Å²) in [7, 11) is 0. The molecule has 37 heavy (non-hydrogen) atoms. The molecule has 0 aliphatic carbocycles. The zero-order valence-electron chi connectivity index (χ0n) is 21.7. The van der Waals surface area contributed by atoms with Crippen molar-refractivity contribution in [2.24, 2.45) is 5.41 Å². The highest BCUT2D eigenvalue weighted by Crippen LogP contribution is 2.33. The number of nitriles is 1. The number of anilines is 1. The van der Waals surface area contributed by atoms with Gasteiger partial charge in [0.1, 0.15) is 5.69 Å². The van der Waals surface area contributed by atoms with E-state index in [-0.39, 0.29) is 5.41 Å². The molecule has 0 aliphatic heterocycles. The summed E-state index contributed by atoms with van der Waals surface area (Å²) in [5, 5.41) is 19.4. The Bertz CT molecular complexity index is 1540. The Morgan fingerprint density at radius 2 is 1.76 bits per heavy atom. The van der Waals surface area contributed by atoms with Crippen LogP contribution in [0.4, 0.5) is 5.69 Å². The van der Waals surface area contributed by atoms with Crippen LogP contribution < -0.4 is 4.90 Å². The van der Waals surface area contributed by atoms with Gasteiger partial charge in [0.05, 0.1) is 28.7 Å². The fourth-order valence-electron chi connectivity index (χ4n) is 4.95. The molecule has 6 nitrogen and oxygen atoms in total. The van der Waals surface area contributed by atoms with Crippen molar-refractivity contribution in [2.75, 3.05) is 18.0 Å². The monoisotopic (exact) mass is 488 g/mol. The second-order valence-corrected chi connectivity index (χ2v) is 10.2. The highest BCUT2D eigenvalue weighted by Gasteiger charge is 2.18. The van der Waals surface area contributed by atoms with E-state index in [9.17, 15) is 5.26 Å². The molecule has 0 fully saturated rings. The molecule has 0 atom stereocenters. The van der Waals surface area contributed by atoms with Crippen LogP contribution in [0.25, 0.3) is 33.1 Å². The highest BCUT2D eigenvalue weighted by atomic mass is 15.1. The molecule has 5 aromatic rings. The predicted octanol–water partition coefficient (Wildman–Crippen LogP) is 6.72. The van der Waals surface area contributed by atoms with Crippen molar-refractivity contribution in [3.05, 3.63) is 84.3 Å². The number of pyridine rings is 2. The number of rotatable bonds is 9. The molecule has 2 aromatic carbocycles. The van der Waals surface area contributed by atoms with Crippen molar-refractivity contribution in [2.45, 2.75) is 40.0 Å². The standard InChI is InChI=1S/C31H32N6/c1-4-37(25-13-15-33-16-14-25)17-5-6-22-9-12-27-26(18-22)29-28(20-34-27)35-36-30(29)24-10-7-23(8-11-24)19-31(2,3)21-32/h7-16,18,20H,4-6,17,19H2,1-3H3,(H,35,36). The molecular formula is C31H32N6. The number of H-pyrrole nitrogens is 1. The summed E-state index contributed by atoms with van der Waals surface area (Å²) >= 11 is 0. The van der Waals surface area contributed by atoms with Gasteiger partial charge in [0.25, 0.3) is 0 Å². The molecule has 5 rings (SSSR count). The first-order valence-electron chi connectivity index (χ1n) is 12.9. The third-order valence-corrected chi connectivity index (χ3v) is 6.94. The molecule has 186 valence electrons. The van der Waals surface area contributed by atoms with Gasteiger partial charge < -0.3 is 4.90 Å². The number of aromatic nitrogens is 4. The van der Waals surface area contributed by atoms with Crippen molar-refractivity contribution >= 4 is 27.5 Å². The second-order valence-electron chi connectivity index (χ2n) is 10.2. The molecule has 1 N–H and O–H groups in total. The summed E-state index contributed by atoms with van der Waals surface area (Å²) in [4.78, 5) is 11.2. The highest BCUT2D eigenvalue weighted by molar-refractivity contribution is 6.11. The van der Waals surface area contributed by atoms with Crippen LogP contribution in [0.3, 0.4) is 0 Å². The first-order valence-corrected chi connectivity index (χ1v) is 12.9. The van der Waals surface area contributed by atoms with Crippen LogP contribution in [-0.2, 0) is 12.8 Å². The Morgan fingerprint density at radius 3 is 2.49 bits per heavy atom. The summed E-state index contributed by atoms with van der Waals surface area (Å²) < 4.78 is 0. The van der Waals surface area contributed by atoms with Crippen LogP contribution in [0.5, 0.6) is 0 Å². The normalized spacial score (nSPS) is 11.6. The van der Waals surface area contributed by atoms with Crippen molar-refractivity contribution in [1.82, 2.24) is 20.2 Å². The molecule has 0 amide bonds. The van der Waals surface area contributed by atoms with Gasteiger partial charge >= 0.3 is 0 Å². The van der Waals surface area contributed by atoms with Crippen molar-refractivity contribution in [1.29, 1.82) is 5.26 Å². The van der Waals surface area contributed by atoms with E-state index in [1.165, 1.54) is 11.3 Å². The van der Waals surface area contributed by atoms with E-state index in [4.69, 9.17) is 0 Å². The van der Waals surface area contributed by atoms with Crippen molar-refractivity contribution in [3.63, 3.8) is 0 Å². The maximum atomic E-state index is 9.37. The van der Waals surface area contributed by atoms with Gasteiger partial charge in [0.2, 0.25) is 0 Å². The SMILES string of the molecule is CCN(CCCc1ccc2ncc3[nH]nc(-c4ccc(CC(C)(C)C#N)cc4)c3c2c1)c1ccncc1. The third kappa shape index (κ3) is 5.31. The Morgan fingerprint density at radius 1 is 1.00 bits per heavy atom. The van der Waals surface area contributed by atoms with Gasteiger partial charge in [0, 0.05) is 47.5 Å². The zero-order valence-corrected chi connectivity index (χ0v) is 21.7. The summed E-state index contributed by atoms with van der Waals surface area (Å²) in [6, 6.07) is 21.5. The van der Waals surface area contributed by atoms with Gasteiger partial charge in [0.15, 0.2) is 0 Å². The number of aryl methyl sites for hydroxylation is 1. The lowest BCUT2D eigenvalue weighted by atomic mass is 9.87. The quantitative estimate of drug-likeness (QED) is 0.249. The first-order chi connectivity index (χ1) is 18.0. The molecule has 0 unspecified atom stereocenters. The number of aromatic amines is 1. The van der Waals surface area contributed by atoms with Crippen LogP contribution in [0.15, 0.2) is 73.2 Å². The van der Waals surface area contributed by atoms with Crippen molar-refractivity contribution < 1.29 is 0 Å². The van der Waals surface area contributed by atoms with Gasteiger partial charge in [-0.3, -0.25) is 15.1 Å². The Kier molecular flexibility index (Phi) is 6.87. The Balaban J connectivity index is 1.40. The molecule has 6 heteroatoms. The van der Waals surface area contributed by atoms with Gasteiger partial charge in [-0.25, -0.2) is 0 Å². The van der Waals surface area contributed by atoms with Crippen LogP contribution >= 0.6 is 0 Å². The van der Waals surface area contributed by atoms with E-state index >= 15 is 0 Å². The number of nitrogens with one attached hydrogen (secondary N) is 1. The van der Waals surface area contributed by atoms with Crippen LogP contribution in [0, 0.1) is 16.7 Å². The molecule has 3 heterocycles. The molecule has 0 saturated heterocycles. The largest absolute Gasteiger partial charge is 0.372 e. The van der Waals surface area contributed by atoms with E-state index in [0.717, 1.165) is 71.0 Å². The first kappa shape index (κ1) is 24.5. The predicted molar refractivity (Wildman–Crippen MR) is 150 cm³/mol. The molecule has 0 aliphatic rings. The van der Waals surface area contributed by atoms with Gasteiger partial charge in [-0.15, -0.1) is 0 Å². The maximum absolute atomic E-state index is 9.37. The second kappa shape index (κ2) is 10.4. The lowest BCUT2D eigenvalue weighted by Crippen LogP contribution is -2.24. The number of hydrogen-bond donors (Lipinski definition) is 1. The summed E-state index contributed by atoms with van der Waals surface area (Å²) in [5.74, 6) is 0. The molecule has 0 saturated carbocycles. The van der Waals surface area contributed by atoms with Crippen LogP contribution in [0.2, 0.25) is 0 Å². The average Bonchev–Trinajstić information content (AvgIpc) is 3.37. The summed E-state index contributed by atoms with van der Waals surface area (Å²) in [6.07, 6.45) is 8.34. The third-order valence-electron chi connectivity index (χ3n) is 6.94. The minimum atomic E-state index is -0.384. The number of fused-ring (bicyclic) bond motifs is 3. The Labute approximate surface area is 218 Å². The topological polar surface area (TPSA) is 81.5 Å². The minimum absolute atomic E-state index is 0.384. The molecule has 0 spiro atoms. The maximum Gasteiger partial charge on any atom is 0.101 e. The van der Waals surface area contributed by atoms with E-state index in [1.54, 1.807) is 0 Å². The Hall–Kier alpha value is -4.24. The van der Waals surface area contributed by atoms with Crippen molar-refractivity contribution in [3.8, 4) is 17.3 Å². The minimum Gasteiger partial charge on any atom is -0.372 e. The molecule has 0 radical (unpaired) electrons. The van der Waals surface area contributed by atoms with E-state index in [0.29, 0.717) is 0 Å². The number of hydrogen-bond acceptors (Lipinski definition) is 5. The van der Waals surface area contributed by atoms with Gasteiger partial charge in [-0.2, -0.15) is 10.4 Å². The number of nitrogens with zero attached hydrogens (tertiary/aromatic N) is 5. The number of benzene rings is 2. The van der Waals surface area contributed by atoms with Gasteiger partial charge in [-0.1, -0.05) is 30.3 Å². The summed E-state index contributed by atoms with van der Waals surface area (Å²) in [6.45, 7) is 8.09.